The second-order valence-electron chi connectivity index (χ2n) is 8.47. The SMILES string of the molecule is CCOC(=O)C1=C(C)N=C2SC=C(CC(=O)NCCCN3CCOCC3)N2C1c1ccccc1F. The van der Waals surface area contributed by atoms with E-state index >= 15 is 0 Å². The second-order valence-corrected chi connectivity index (χ2v) is 9.31. The molecule has 1 atom stereocenters. The summed E-state index contributed by atoms with van der Waals surface area (Å²) in [5.74, 6) is -1.10. The summed E-state index contributed by atoms with van der Waals surface area (Å²) in [5, 5.41) is 5.44. The fourth-order valence-corrected chi connectivity index (χ4v) is 5.38. The Morgan fingerprint density at radius 3 is 2.80 bits per heavy atom. The van der Waals surface area contributed by atoms with Gasteiger partial charge in [-0.25, -0.2) is 14.2 Å². The number of rotatable bonds is 9. The van der Waals surface area contributed by atoms with Crippen LogP contribution in [0.2, 0.25) is 0 Å². The number of carbonyl (C=O) groups is 2. The normalized spacial score (nSPS) is 20.3. The summed E-state index contributed by atoms with van der Waals surface area (Å²) in [4.78, 5) is 34.4. The van der Waals surface area contributed by atoms with E-state index in [9.17, 15) is 14.0 Å². The van der Waals surface area contributed by atoms with E-state index < -0.39 is 17.8 Å². The van der Waals surface area contributed by atoms with Gasteiger partial charge in [0, 0.05) is 30.9 Å². The maximum atomic E-state index is 15.0. The molecule has 35 heavy (non-hydrogen) atoms. The lowest BCUT2D eigenvalue weighted by Gasteiger charge is -2.36. The number of halogens is 1. The second kappa shape index (κ2) is 11.8. The first-order valence-corrected chi connectivity index (χ1v) is 12.8. The smallest absolute Gasteiger partial charge is 0.338 e. The molecule has 0 radical (unpaired) electrons. The number of benzene rings is 1. The molecule has 1 saturated heterocycles. The first-order chi connectivity index (χ1) is 17.0. The number of ether oxygens (including phenoxy) is 2. The molecule has 0 saturated carbocycles. The van der Waals surface area contributed by atoms with Gasteiger partial charge in [0.2, 0.25) is 5.91 Å². The number of fused-ring (bicyclic) bond motifs is 1. The average Bonchev–Trinajstić information content (AvgIpc) is 3.24. The van der Waals surface area contributed by atoms with E-state index in [2.05, 4.69) is 15.2 Å². The fraction of sp³-hybridized carbons (Fsp3) is 0.480. The summed E-state index contributed by atoms with van der Waals surface area (Å²) in [7, 11) is 0. The van der Waals surface area contributed by atoms with Crippen molar-refractivity contribution in [1.82, 2.24) is 15.1 Å². The third kappa shape index (κ3) is 5.94. The van der Waals surface area contributed by atoms with Crippen molar-refractivity contribution in [3.8, 4) is 0 Å². The van der Waals surface area contributed by atoms with Crippen molar-refractivity contribution in [3.05, 3.63) is 58.0 Å². The largest absolute Gasteiger partial charge is 0.463 e. The molecular formula is C25H31FN4O4S. The summed E-state index contributed by atoms with van der Waals surface area (Å²) in [6.07, 6.45) is 0.951. The molecular weight excluding hydrogens is 471 g/mol. The minimum absolute atomic E-state index is 0.101. The van der Waals surface area contributed by atoms with Gasteiger partial charge < -0.3 is 19.7 Å². The van der Waals surface area contributed by atoms with Gasteiger partial charge in [-0.3, -0.25) is 9.69 Å². The molecule has 0 bridgehead atoms. The van der Waals surface area contributed by atoms with Crippen LogP contribution in [-0.2, 0) is 19.1 Å². The van der Waals surface area contributed by atoms with Gasteiger partial charge in [0.15, 0.2) is 5.17 Å². The Morgan fingerprint density at radius 1 is 1.29 bits per heavy atom. The molecule has 10 heteroatoms. The van der Waals surface area contributed by atoms with Crippen molar-refractivity contribution < 1.29 is 23.5 Å². The molecule has 1 aromatic carbocycles. The molecule has 1 unspecified atom stereocenters. The number of morpholine rings is 1. The Balaban J connectivity index is 1.47. The number of thioether (sulfide) groups is 1. The summed E-state index contributed by atoms with van der Waals surface area (Å²) in [5.41, 5.74) is 1.77. The van der Waals surface area contributed by atoms with Crippen LogP contribution >= 0.6 is 11.8 Å². The van der Waals surface area contributed by atoms with Crippen LogP contribution in [-0.4, -0.2) is 72.8 Å². The molecule has 3 aliphatic heterocycles. The summed E-state index contributed by atoms with van der Waals surface area (Å²) in [6.45, 7) is 8.47. The highest BCUT2D eigenvalue weighted by molar-refractivity contribution is 8.16. The fourth-order valence-electron chi connectivity index (χ4n) is 4.41. The van der Waals surface area contributed by atoms with Crippen molar-refractivity contribution in [2.75, 3.05) is 46.0 Å². The van der Waals surface area contributed by atoms with Crippen LogP contribution in [0.25, 0.3) is 0 Å². The van der Waals surface area contributed by atoms with Crippen LogP contribution in [0.5, 0.6) is 0 Å². The van der Waals surface area contributed by atoms with E-state index in [4.69, 9.17) is 9.47 Å². The Labute approximate surface area is 209 Å². The van der Waals surface area contributed by atoms with Crippen molar-refractivity contribution in [3.63, 3.8) is 0 Å². The number of esters is 1. The molecule has 4 rings (SSSR count). The molecule has 0 spiro atoms. The zero-order valence-corrected chi connectivity index (χ0v) is 20.9. The van der Waals surface area contributed by atoms with E-state index in [0.29, 0.717) is 28.7 Å². The Bertz CT molecular complexity index is 1050. The maximum absolute atomic E-state index is 15.0. The first kappa shape index (κ1) is 25.4. The minimum Gasteiger partial charge on any atom is -0.463 e. The van der Waals surface area contributed by atoms with Crippen molar-refractivity contribution in [2.45, 2.75) is 32.7 Å². The van der Waals surface area contributed by atoms with Crippen LogP contribution in [0, 0.1) is 5.82 Å². The quantitative estimate of drug-likeness (QED) is 0.410. The predicted octanol–water partition coefficient (Wildman–Crippen LogP) is 3.19. The topological polar surface area (TPSA) is 83.5 Å². The van der Waals surface area contributed by atoms with Crippen LogP contribution in [0.3, 0.4) is 0 Å². The van der Waals surface area contributed by atoms with Crippen LogP contribution in [0.1, 0.15) is 38.3 Å². The highest BCUT2D eigenvalue weighted by Gasteiger charge is 2.42. The Hall–Kier alpha value is -2.69. The number of hydrogen-bond acceptors (Lipinski definition) is 8. The van der Waals surface area contributed by atoms with E-state index in [1.54, 1.807) is 36.9 Å². The Morgan fingerprint density at radius 2 is 2.06 bits per heavy atom. The molecule has 3 aliphatic rings. The van der Waals surface area contributed by atoms with Gasteiger partial charge in [-0.15, -0.1) is 0 Å². The lowest BCUT2D eigenvalue weighted by molar-refractivity contribution is -0.139. The number of nitrogens with one attached hydrogen (secondary N) is 1. The molecule has 0 aromatic heterocycles. The van der Waals surface area contributed by atoms with E-state index in [1.807, 2.05) is 5.41 Å². The number of aliphatic imine (C=N–C) groups is 1. The highest BCUT2D eigenvalue weighted by atomic mass is 32.2. The lowest BCUT2D eigenvalue weighted by Crippen LogP contribution is -2.39. The number of hydrogen-bond donors (Lipinski definition) is 1. The minimum atomic E-state index is -0.766. The zero-order valence-electron chi connectivity index (χ0n) is 20.1. The molecule has 3 heterocycles. The maximum Gasteiger partial charge on any atom is 0.338 e. The molecule has 1 aromatic rings. The van der Waals surface area contributed by atoms with Crippen molar-refractivity contribution >= 4 is 28.8 Å². The third-order valence-corrected chi connectivity index (χ3v) is 7.00. The molecule has 1 N–H and O–H groups in total. The Kier molecular flexibility index (Phi) is 8.59. The van der Waals surface area contributed by atoms with E-state index in [1.165, 1.54) is 17.8 Å². The van der Waals surface area contributed by atoms with Gasteiger partial charge in [-0.1, -0.05) is 30.0 Å². The third-order valence-electron chi connectivity index (χ3n) is 6.11. The summed E-state index contributed by atoms with van der Waals surface area (Å²) < 4.78 is 25.6. The number of nitrogens with zero attached hydrogens (tertiary/aromatic N) is 3. The van der Waals surface area contributed by atoms with Gasteiger partial charge >= 0.3 is 5.97 Å². The number of allylic oxidation sites excluding steroid dienone is 1. The zero-order chi connectivity index (χ0) is 24.8. The summed E-state index contributed by atoms with van der Waals surface area (Å²) in [6, 6.07) is 5.60. The van der Waals surface area contributed by atoms with Crippen LogP contribution in [0.15, 0.2) is 51.6 Å². The molecule has 0 aliphatic carbocycles. The molecule has 8 nitrogen and oxygen atoms in total. The van der Waals surface area contributed by atoms with Gasteiger partial charge in [0.05, 0.1) is 43.6 Å². The monoisotopic (exact) mass is 502 g/mol. The van der Waals surface area contributed by atoms with Crippen LogP contribution < -0.4 is 5.32 Å². The standard InChI is InChI=1S/C25H31FN4O4S/c1-3-34-24(32)22-17(2)28-25-30(23(22)19-7-4-5-8-20(19)26)18(16-35-25)15-21(31)27-9-6-10-29-11-13-33-14-12-29/h4-5,7-8,16,23H,3,6,9-15H2,1-2H3,(H,27,31). The lowest BCUT2D eigenvalue weighted by atomic mass is 9.93. The number of amides is 1. The predicted molar refractivity (Wildman–Crippen MR) is 133 cm³/mol. The van der Waals surface area contributed by atoms with Crippen LogP contribution in [0.4, 0.5) is 4.39 Å². The van der Waals surface area contributed by atoms with Crippen molar-refractivity contribution in [1.29, 1.82) is 0 Å². The molecule has 1 fully saturated rings. The van der Waals surface area contributed by atoms with Gasteiger partial charge in [-0.2, -0.15) is 0 Å². The van der Waals surface area contributed by atoms with E-state index in [0.717, 1.165) is 39.3 Å². The van der Waals surface area contributed by atoms with E-state index in [-0.39, 0.29) is 24.5 Å². The van der Waals surface area contributed by atoms with Gasteiger partial charge in [0.25, 0.3) is 0 Å². The first-order valence-electron chi connectivity index (χ1n) is 11.9. The van der Waals surface area contributed by atoms with Gasteiger partial charge in [-0.05, 0) is 38.3 Å². The molecule has 1 amide bonds. The number of carbonyl (C=O) groups excluding carboxylic acids is 2. The average molecular weight is 503 g/mol. The van der Waals surface area contributed by atoms with Gasteiger partial charge in [0.1, 0.15) is 5.82 Å². The highest BCUT2D eigenvalue weighted by Crippen LogP contribution is 2.45. The summed E-state index contributed by atoms with van der Waals surface area (Å²) >= 11 is 1.37. The number of amidine groups is 1. The molecule has 188 valence electrons. The van der Waals surface area contributed by atoms with Crippen molar-refractivity contribution in [2.24, 2.45) is 4.99 Å².